The molecule has 0 unspecified atom stereocenters. The van der Waals surface area contributed by atoms with E-state index >= 15 is 0 Å². The van der Waals surface area contributed by atoms with E-state index in [0.717, 1.165) is 0 Å². The lowest BCUT2D eigenvalue weighted by Crippen LogP contribution is -2.11. The number of ether oxygens (including phenoxy) is 1. The highest BCUT2D eigenvalue weighted by Gasteiger charge is 2.10. The Morgan fingerprint density at radius 1 is 1.14 bits per heavy atom. The number of benzene rings is 2. The van der Waals surface area contributed by atoms with Gasteiger partial charge < -0.3 is 4.74 Å². The van der Waals surface area contributed by atoms with E-state index in [1.54, 1.807) is 18.2 Å². The first-order valence-electron chi connectivity index (χ1n) is 6.03. The molecule has 0 saturated carbocycles. The van der Waals surface area contributed by atoms with E-state index in [-0.39, 0.29) is 22.6 Å². The van der Waals surface area contributed by atoms with Crippen molar-refractivity contribution in [2.45, 2.75) is 0 Å². The van der Waals surface area contributed by atoms with Crippen LogP contribution in [0, 0.1) is 5.82 Å². The molecule has 0 aliphatic rings. The molecule has 0 saturated heterocycles. The fourth-order valence-corrected chi connectivity index (χ4v) is 1.96. The second kappa shape index (κ2) is 5.51. The Balaban J connectivity index is 2.08. The molecule has 0 radical (unpaired) electrons. The summed E-state index contributed by atoms with van der Waals surface area (Å²) in [6, 6.07) is 11.4. The maximum absolute atomic E-state index is 13.5. The molecule has 5 nitrogen and oxygen atoms in total. The smallest absolute Gasteiger partial charge is 0.241 e. The molecule has 0 aliphatic heterocycles. The number of hydrazine groups is 1. The van der Waals surface area contributed by atoms with Gasteiger partial charge in [0.15, 0.2) is 0 Å². The molecule has 21 heavy (non-hydrogen) atoms. The van der Waals surface area contributed by atoms with E-state index in [2.05, 4.69) is 15.4 Å². The lowest BCUT2D eigenvalue weighted by Gasteiger charge is -2.09. The Bertz CT molecular complexity index is 812. The van der Waals surface area contributed by atoms with Crippen molar-refractivity contribution in [3.63, 3.8) is 0 Å². The fourth-order valence-electron chi connectivity index (χ4n) is 1.84. The summed E-state index contributed by atoms with van der Waals surface area (Å²) in [7, 11) is 0. The van der Waals surface area contributed by atoms with Crippen molar-refractivity contribution >= 4 is 28.5 Å². The molecule has 1 aromatic heterocycles. The summed E-state index contributed by atoms with van der Waals surface area (Å²) in [5.74, 6) is 5.54. The average Bonchev–Trinajstić information content (AvgIpc) is 2.51. The van der Waals surface area contributed by atoms with E-state index < -0.39 is 5.82 Å². The van der Waals surface area contributed by atoms with E-state index in [9.17, 15) is 4.39 Å². The molecule has 0 amide bonds. The summed E-state index contributed by atoms with van der Waals surface area (Å²) < 4.78 is 19.1. The number of rotatable bonds is 3. The van der Waals surface area contributed by atoms with Crippen molar-refractivity contribution in [1.29, 1.82) is 0 Å². The van der Waals surface area contributed by atoms with Crippen molar-refractivity contribution in [1.82, 2.24) is 9.97 Å². The monoisotopic (exact) mass is 304 g/mol. The quantitative estimate of drug-likeness (QED) is 0.572. The predicted octanol–water partition coefficient (Wildman–Crippen LogP) is 3.50. The van der Waals surface area contributed by atoms with Crippen molar-refractivity contribution in [3.05, 3.63) is 53.3 Å². The van der Waals surface area contributed by atoms with Crippen LogP contribution in [0.1, 0.15) is 0 Å². The van der Waals surface area contributed by atoms with Gasteiger partial charge in [0.2, 0.25) is 11.8 Å². The van der Waals surface area contributed by atoms with E-state index in [1.807, 2.05) is 12.1 Å². The minimum absolute atomic E-state index is 0.0270. The predicted molar refractivity (Wildman–Crippen MR) is 78.8 cm³/mol. The summed E-state index contributed by atoms with van der Waals surface area (Å²) >= 11 is 5.64. The molecule has 7 heteroatoms. The van der Waals surface area contributed by atoms with Crippen molar-refractivity contribution < 1.29 is 9.13 Å². The van der Waals surface area contributed by atoms with Crippen LogP contribution in [0.2, 0.25) is 5.02 Å². The molecule has 1 heterocycles. The highest BCUT2D eigenvalue weighted by atomic mass is 35.5. The van der Waals surface area contributed by atoms with Gasteiger partial charge in [-0.1, -0.05) is 23.7 Å². The van der Waals surface area contributed by atoms with Crippen LogP contribution in [0.4, 0.5) is 10.3 Å². The van der Waals surface area contributed by atoms with Gasteiger partial charge in [-0.15, -0.1) is 0 Å². The third-order valence-corrected chi connectivity index (χ3v) is 3.11. The van der Waals surface area contributed by atoms with Crippen LogP contribution in [-0.4, -0.2) is 9.97 Å². The molecule has 0 bridgehead atoms. The zero-order valence-corrected chi connectivity index (χ0v) is 11.4. The minimum Gasteiger partial charge on any atom is -0.438 e. The third-order valence-electron chi connectivity index (χ3n) is 2.80. The second-order valence-electron chi connectivity index (χ2n) is 4.19. The summed E-state index contributed by atoms with van der Waals surface area (Å²) in [4.78, 5) is 8.35. The Morgan fingerprint density at radius 3 is 2.71 bits per heavy atom. The number of nitrogens with one attached hydrogen (secondary N) is 1. The van der Waals surface area contributed by atoms with Crippen molar-refractivity contribution in [3.8, 4) is 11.6 Å². The van der Waals surface area contributed by atoms with Crippen LogP contribution in [0.5, 0.6) is 11.6 Å². The average molecular weight is 305 g/mol. The highest BCUT2D eigenvalue weighted by Crippen LogP contribution is 2.29. The lowest BCUT2D eigenvalue weighted by molar-refractivity contribution is 0.464. The second-order valence-corrected chi connectivity index (χ2v) is 4.60. The van der Waals surface area contributed by atoms with Crippen LogP contribution in [0.25, 0.3) is 10.9 Å². The Hall–Kier alpha value is -2.44. The van der Waals surface area contributed by atoms with Crippen LogP contribution < -0.4 is 16.0 Å². The first kappa shape index (κ1) is 13.5. The van der Waals surface area contributed by atoms with Gasteiger partial charge in [0.1, 0.15) is 11.6 Å². The Labute approximate surface area is 124 Å². The van der Waals surface area contributed by atoms with Crippen LogP contribution in [-0.2, 0) is 0 Å². The largest absolute Gasteiger partial charge is 0.438 e. The molecular weight excluding hydrogens is 295 g/mol. The van der Waals surface area contributed by atoms with Gasteiger partial charge in [0.05, 0.1) is 15.9 Å². The van der Waals surface area contributed by atoms with Gasteiger partial charge in [-0.25, -0.2) is 15.2 Å². The Morgan fingerprint density at radius 2 is 1.95 bits per heavy atom. The zero-order chi connectivity index (χ0) is 14.8. The Kier molecular flexibility index (Phi) is 3.55. The third kappa shape index (κ3) is 2.72. The molecule has 3 aromatic rings. The number of nitrogen functional groups attached to an aromatic ring is 1. The maximum Gasteiger partial charge on any atom is 0.241 e. The summed E-state index contributed by atoms with van der Waals surface area (Å²) in [6.07, 6.45) is 0. The number of aromatic nitrogens is 2. The van der Waals surface area contributed by atoms with Gasteiger partial charge >= 0.3 is 0 Å². The summed E-state index contributed by atoms with van der Waals surface area (Å²) in [5, 5.41) is 0.714. The van der Waals surface area contributed by atoms with Gasteiger partial charge in [0, 0.05) is 6.07 Å². The standard InChI is InChI=1S/C14H10ClFN4O/c15-10-6-5-8(7-11(10)16)21-13-9-3-1-2-4-12(9)18-14(19-13)20-17/h1-7H,17H2,(H,18,19,20). The topological polar surface area (TPSA) is 73.1 Å². The number of nitrogens with two attached hydrogens (primary N) is 1. The number of fused-ring (bicyclic) bond motifs is 1. The fraction of sp³-hybridized carbons (Fsp3) is 0. The number of anilines is 1. The van der Waals surface area contributed by atoms with Gasteiger partial charge in [-0.2, -0.15) is 4.98 Å². The minimum atomic E-state index is -0.565. The van der Waals surface area contributed by atoms with Gasteiger partial charge in [-0.05, 0) is 24.3 Å². The number of nitrogens with zero attached hydrogens (tertiary/aromatic N) is 2. The first-order valence-corrected chi connectivity index (χ1v) is 6.41. The van der Waals surface area contributed by atoms with E-state index in [4.69, 9.17) is 22.2 Å². The molecule has 0 fully saturated rings. The number of hydrogen-bond donors (Lipinski definition) is 2. The SMILES string of the molecule is NNc1nc(Oc2ccc(Cl)c(F)c2)c2ccccc2n1. The number of halogens is 2. The number of para-hydroxylation sites is 1. The normalized spacial score (nSPS) is 10.6. The molecule has 0 aliphatic carbocycles. The molecule has 106 valence electrons. The van der Waals surface area contributed by atoms with Crippen molar-refractivity contribution in [2.75, 3.05) is 5.43 Å². The summed E-state index contributed by atoms with van der Waals surface area (Å²) in [6.45, 7) is 0. The lowest BCUT2D eigenvalue weighted by atomic mass is 10.2. The van der Waals surface area contributed by atoms with Crippen molar-refractivity contribution in [2.24, 2.45) is 5.84 Å². The molecule has 3 N–H and O–H groups in total. The molecule has 0 atom stereocenters. The molecule has 3 rings (SSSR count). The van der Waals surface area contributed by atoms with Crippen LogP contribution in [0.15, 0.2) is 42.5 Å². The van der Waals surface area contributed by atoms with Crippen LogP contribution in [0.3, 0.4) is 0 Å². The zero-order valence-electron chi connectivity index (χ0n) is 10.7. The van der Waals surface area contributed by atoms with Crippen LogP contribution >= 0.6 is 11.6 Å². The van der Waals surface area contributed by atoms with Gasteiger partial charge in [0.25, 0.3) is 0 Å². The number of hydrogen-bond acceptors (Lipinski definition) is 5. The maximum atomic E-state index is 13.5. The highest BCUT2D eigenvalue weighted by molar-refractivity contribution is 6.30. The first-order chi connectivity index (χ1) is 10.2. The molecule has 0 spiro atoms. The van der Waals surface area contributed by atoms with E-state index in [0.29, 0.717) is 10.9 Å². The summed E-state index contributed by atoms with van der Waals surface area (Å²) in [5.41, 5.74) is 3.03. The molecule has 2 aromatic carbocycles. The van der Waals surface area contributed by atoms with Gasteiger partial charge in [-0.3, -0.25) is 5.43 Å². The van der Waals surface area contributed by atoms with E-state index in [1.165, 1.54) is 12.1 Å². The molecular formula is C14H10ClFN4O.